The average Bonchev–Trinajstić information content (AvgIpc) is 3.15. The summed E-state index contributed by atoms with van der Waals surface area (Å²) in [6, 6.07) is 7.73. The molecule has 2 aromatic rings. The zero-order valence-corrected chi connectivity index (χ0v) is 13.7. The van der Waals surface area contributed by atoms with Gasteiger partial charge in [-0.2, -0.15) is 0 Å². The molecule has 122 valence electrons. The van der Waals surface area contributed by atoms with E-state index in [0.717, 1.165) is 29.9 Å². The van der Waals surface area contributed by atoms with Crippen molar-refractivity contribution in [1.29, 1.82) is 0 Å². The molecule has 2 heterocycles. The molecule has 1 saturated heterocycles. The highest BCUT2D eigenvalue weighted by molar-refractivity contribution is 7.19. The first-order chi connectivity index (χ1) is 11.1. The molecular formula is C16H21N5OS. The maximum Gasteiger partial charge on any atom is 0.255 e. The number of primary amides is 1. The van der Waals surface area contributed by atoms with Crippen molar-refractivity contribution in [2.24, 2.45) is 11.5 Å². The zero-order chi connectivity index (χ0) is 16.2. The van der Waals surface area contributed by atoms with E-state index in [9.17, 15) is 4.79 Å². The fraction of sp³-hybridized carbons (Fsp3) is 0.375. The van der Waals surface area contributed by atoms with Gasteiger partial charge in [0.1, 0.15) is 16.4 Å². The second-order valence-corrected chi connectivity index (χ2v) is 6.65. The first-order valence-corrected chi connectivity index (χ1v) is 8.58. The molecule has 1 aliphatic rings. The second kappa shape index (κ2) is 6.97. The van der Waals surface area contributed by atoms with E-state index in [4.69, 9.17) is 11.5 Å². The van der Waals surface area contributed by atoms with Crippen LogP contribution in [0.5, 0.6) is 0 Å². The molecule has 0 saturated carbocycles. The maximum atomic E-state index is 11.8. The molecule has 0 aliphatic carbocycles. The van der Waals surface area contributed by atoms with Crippen molar-refractivity contribution in [2.75, 3.05) is 26.2 Å². The number of hydrogen-bond donors (Lipinski definition) is 3. The van der Waals surface area contributed by atoms with Crippen LogP contribution in [0.3, 0.4) is 0 Å². The molecule has 1 fully saturated rings. The Morgan fingerprint density at radius 3 is 2.70 bits per heavy atom. The fourth-order valence-electron chi connectivity index (χ4n) is 2.78. The lowest BCUT2D eigenvalue weighted by Gasteiger charge is -2.16. The number of benzene rings is 1. The average molecular weight is 331 g/mol. The van der Waals surface area contributed by atoms with Gasteiger partial charge >= 0.3 is 0 Å². The van der Waals surface area contributed by atoms with Gasteiger partial charge in [-0.05, 0) is 38.1 Å². The van der Waals surface area contributed by atoms with E-state index < -0.39 is 5.91 Å². The Labute approximate surface area is 139 Å². The summed E-state index contributed by atoms with van der Waals surface area (Å²) in [6.07, 6.45) is 2.51. The largest absolute Gasteiger partial charge is 0.385 e. The van der Waals surface area contributed by atoms with E-state index in [0.29, 0.717) is 17.4 Å². The molecule has 0 unspecified atom stereocenters. The second-order valence-electron chi connectivity index (χ2n) is 5.62. The quantitative estimate of drug-likeness (QED) is 0.689. The molecule has 7 heteroatoms. The lowest BCUT2D eigenvalue weighted by atomic mass is 10.2. The van der Waals surface area contributed by atoms with Gasteiger partial charge in [-0.3, -0.25) is 4.79 Å². The number of hydrogen-bond acceptors (Lipinski definition) is 6. The molecule has 0 spiro atoms. The normalized spacial score (nSPS) is 16.5. The number of nitrogens with one attached hydrogen (secondary N) is 1. The van der Waals surface area contributed by atoms with Crippen LogP contribution in [-0.2, 0) is 4.79 Å². The van der Waals surface area contributed by atoms with Crippen LogP contribution >= 0.6 is 11.3 Å². The highest BCUT2D eigenvalue weighted by Gasteiger charge is 2.18. The molecular weight excluding hydrogens is 310 g/mol. The van der Waals surface area contributed by atoms with Crippen LogP contribution in [0, 0.1) is 0 Å². The number of nitrogens with zero attached hydrogens (tertiary/aromatic N) is 2. The molecule has 0 bridgehead atoms. The van der Waals surface area contributed by atoms with Crippen molar-refractivity contribution in [1.82, 2.24) is 15.2 Å². The van der Waals surface area contributed by atoms with Crippen LogP contribution in [0.15, 0.2) is 30.1 Å². The molecule has 0 atom stereocenters. The Kier molecular flexibility index (Phi) is 4.78. The maximum absolute atomic E-state index is 11.8. The van der Waals surface area contributed by atoms with Crippen LogP contribution in [0.2, 0.25) is 0 Å². The van der Waals surface area contributed by atoms with Gasteiger partial charge in [-0.25, -0.2) is 4.98 Å². The van der Waals surface area contributed by atoms with Crippen LogP contribution in [-0.4, -0.2) is 42.0 Å². The van der Waals surface area contributed by atoms with E-state index >= 15 is 0 Å². The number of carbonyl (C=O) groups excluding carboxylic acids is 1. The summed E-state index contributed by atoms with van der Waals surface area (Å²) < 4.78 is 1.01. The molecule has 1 aromatic heterocycles. The van der Waals surface area contributed by atoms with Gasteiger partial charge in [-0.15, -0.1) is 11.3 Å². The van der Waals surface area contributed by atoms with Gasteiger partial charge in [0, 0.05) is 13.1 Å². The highest BCUT2D eigenvalue weighted by Crippen LogP contribution is 2.27. The first-order valence-electron chi connectivity index (χ1n) is 7.77. The molecule has 23 heavy (non-hydrogen) atoms. The standard InChI is InChI=1S/C16H21N5OS/c17-14(19-7-10-21-8-3-4-9-21)13(15(18)22)16-20-11-5-1-2-6-12(11)23-16/h1-2,5-6,19H,3-4,7-10,17H2,(H2,18,22)/b14-13-. The number of likely N-dealkylation sites (tertiary alicyclic amines) is 1. The van der Waals surface area contributed by atoms with Crippen molar-refractivity contribution in [3.05, 3.63) is 35.1 Å². The van der Waals surface area contributed by atoms with E-state index in [1.807, 2.05) is 24.3 Å². The van der Waals surface area contributed by atoms with Crippen molar-refractivity contribution in [2.45, 2.75) is 12.8 Å². The van der Waals surface area contributed by atoms with Crippen LogP contribution in [0.25, 0.3) is 15.8 Å². The Morgan fingerprint density at radius 2 is 2.00 bits per heavy atom. The molecule has 0 radical (unpaired) electrons. The number of fused-ring (bicyclic) bond motifs is 1. The Morgan fingerprint density at radius 1 is 1.26 bits per heavy atom. The Balaban J connectivity index is 1.77. The van der Waals surface area contributed by atoms with Crippen molar-refractivity contribution in [3.63, 3.8) is 0 Å². The van der Waals surface area contributed by atoms with E-state index in [2.05, 4.69) is 15.2 Å². The number of amides is 1. The fourth-order valence-corrected chi connectivity index (χ4v) is 3.81. The summed E-state index contributed by atoms with van der Waals surface area (Å²) in [5, 5.41) is 3.68. The Hall–Kier alpha value is -2.12. The molecule has 1 amide bonds. The first kappa shape index (κ1) is 15.8. The van der Waals surface area contributed by atoms with Crippen molar-refractivity contribution in [3.8, 4) is 0 Å². The minimum Gasteiger partial charge on any atom is -0.385 e. The van der Waals surface area contributed by atoms with Gasteiger partial charge in [0.05, 0.1) is 10.2 Å². The monoisotopic (exact) mass is 331 g/mol. The predicted molar refractivity (Wildman–Crippen MR) is 93.6 cm³/mol. The summed E-state index contributed by atoms with van der Waals surface area (Å²) in [6.45, 7) is 3.86. The van der Waals surface area contributed by atoms with E-state index in [1.54, 1.807) is 0 Å². The lowest BCUT2D eigenvalue weighted by molar-refractivity contribution is -0.112. The van der Waals surface area contributed by atoms with Crippen LogP contribution < -0.4 is 16.8 Å². The summed E-state index contributed by atoms with van der Waals surface area (Å²) in [5.41, 5.74) is 12.7. The third kappa shape index (κ3) is 3.62. The van der Waals surface area contributed by atoms with Crippen LogP contribution in [0.1, 0.15) is 17.8 Å². The van der Waals surface area contributed by atoms with Crippen molar-refractivity contribution >= 4 is 33.0 Å². The molecule has 1 aromatic carbocycles. The van der Waals surface area contributed by atoms with Gasteiger partial charge in [0.2, 0.25) is 0 Å². The minimum absolute atomic E-state index is 0.271. The molecule has 5 N–H and O–H groups in total. The summed E-state index contributed by atoms with van der Waals surface area (Å²) in [7, 11) is 0. The number of carbonyl (C=O) groups is 1. The van der Waals surface area contributed by atoms with Gasteiger partial charge < -0.3 is 21.7 Å². The Bertz CT molecular complexity index is 700. The van der Waals surface area contributed by atoms with Crippen molar-refractivity contribution < 1.29 is 4.79 Å². The topological polar surface area (TPSA) is 97.3 Å². The predicted octanol–water partition coefficient (Wildman–Crippen LogP) is 1.09. The summed E-state index contributed by atoms with van der Waals surface area (Å²) >= 11 is 1.42. The number of aromatic nitrogens is 1. The molecule has 3 rings (SSSR count). The lowest BCUT2D eigenvalue weighted by Crippen LogP contribution is -2.33. The van der Waals surface area contributed by atoms with Crippen LogP contribution in [0.4, 0.5) is 0 Å². The highest BCUT2D eigenvalue weighted by atomic mass is 32.1. The number of rotatable bonds is 6. The van der Waals surface area contributed by atoms with E-state index in [1.165, 1.54) is 24.2 Å². The summed E-state index contributed by atoms with van der Waals surface area (Å²) in [5.74, 6) is -0.258. The third-order valence-corrected chi connectivity index (χ3v) is 5.02. The van der Waals surface area contributed by atoms with Gasteiger partial charge in [-0.1, -0.05) is 12.1 Å². The molecule has 6 nitrogen and oxygen atoms in total. The molecule has 1 aliphatic heterocycles. The summed E-state index contributed by atoms with van der Waals surface area (Å²) in [4.78, 5) is 18.7. The van der Waals surface area contributed by atoms with E-state index in [-0.39, 0.29) is 5.57 Å². The number of para-hydroxylation sites is 1. The van der Waals surface area contributed by atoms with Gasteiger partial charge in [0.25, 0.3) is 5.91 Å². The number of thiazole rings is 1. The zero-order valence-electron chi connectivity index (χ0n) is 12.9. The number of nitrogens with two attached hydrogens (primary N) is 2. The SMILES string of the molecule is NC(=O)/C(=C(\N)NCCN1CCCC1)c1nc2ccccc2s1. The third-order valence-electron chi connectivity index (χ3n) is 3.97. The minimum atomic E-state index is -0.560. The smallest absolute Gasteiger partial charge is 0.255 e. The van der Waals surface area contributed by atoms with Gasteiger partial charge in [0.15, 0.2) is 0 Å².